The first-order valence-electron chi connectivity index (χ1n) is 4.23. The number of methoxy groups -OCH3 is 1. The van der Waals surface area contributed by atoms with E-state index in [1.165, 1.54) is 0 Å². The van der Waals surface area contributed by atoms with Gasteiger partial charge in [0, 0.05) is 19.2 Å². The Bertz CT molecular complexity index is 111. The maximum absolute atomic E-state index is 9.05. The van der Waals surface area contributed by atoms with Crippen molar-refractivity contribution < 1.29 is 9.84 Å². The predicted octanol–water partition coefficient (Wildman–Crippen LogP) is -0.727. The highest BCUT2D eigenvalue weighted by molar-refractivity contribution is 4.79. The SMILES string of the molecule is CCN(C)C(CO)C(N)COC. The number of rotatable bonds is 6. The molecule has 74 valence electrons. The largest absolute Gasteiger partial charge is 0.395 e. The van der Waals surface area contributed by atoms with Crippen LogP contribution in [0.1, 0.15) is 6.92 Å². The Labute approximate surface area is 74.3 Å². The Morgan fingerprint density at radius 3 is 2.50 bits per heavy atom. The average molecular weight is 176 g/mol. The molecule has 12 heavy (non-hydrogen) atoms. The Hall–Kier alpha value is -0.160. The molecule has 2 atom stereocenters. The molecule has 3 N–H and O–H groups in total. The van der Waals surface area contributed by atoms with Gasteiger partial charge in [-0.15, -0.1) is 0 Å². The molecule has 0 rings (SSSR count). The van der Waals surface area contributed by atoms with Gasteiger partial charge in [0.15, 0.2) is 0 Å². The minimum Gasteiger partial charge on any atom is -0.395 e. The third-order valence-corrected chi connectivity index (χ3v) is 2.11. The summed E-state index contributed by atoms with van der Waals surface area (Å²) < 4.78 is 4.92. The van der Waals surface area contributed by atoms with Gasteiger partial charge in [0.1, 0.15) is 0 Å². The van der Waals surface area contributed by atoms with Crippen LogP contribution in [0.3, 0.4) is 0 Å². The van der Waals surface area contributed by atoms with Gasteiger partial charge in [0.2, 0.25) is 0 Å². The first kappa shape index (κ1) is 11.8. The Morgan fingerprint density at radius 2 is 2.17 bits per heavy atom. The number of ether oxygens (including phenoxy) is 1. The number of aliphatic hydroxyl groups is 1. The van der Waals surface area contributed by atoms with E-state index in [1.807, 2.05) is 18.9 Å². The quantitative estimate of drug-likeness (QED) is 0.560. The molecule has 2 unspecified atom stereocenters. The molecule has 0 aliphatic carbocycles. The first-order valence-corrected chi connectivity index (χ1v) is 4.23. The molecule has 0 saturated carbocycles. The van der Waals surface area contributed by atoms with Gasteiger partial charge < -0.3 is 15.6 Å². The number of likely N-dealkylation sites (N-methyl/N-ethyl adjacent to an activating group) is 1. The van der Waals surface area contributed by atoms with Crippen LogP contribution in [-0.2, 0) is 4.74 Å². The second kappa shape index (κ2) is 6.37. The zero-order valence-corrected chi connectivity index (χ0v) is 8.16. The molecular weight excluding hydrogens is 156 g/mol. The summed E-state index contributed by atoms with van der Waals surface area (Å²) in [5.41, 5.74) is 5.79. The minimum absolute atomic E-state index is 0.00468. The van der Waals surface area contributed by atoms with Crippen molar-refractivity contribution in [3.63, 3.8) is 0 Å². The smallest absolute Gasteiger partial charge is 0.0629 e. The number of hydrogen-bond donors (Lipinski definition) is 2. The zero-order chi connectivity index (χ0) is 9.56. The molecule has 0 spiro atoms. The van der Waals surface area contributed by atoms with Gasteiger partial charge in [-0.25, -0.2) is 0 Å². The van der Waals surface area contributed by atoms with Gasteiger partial charge in [-0.3, -0.25) is 4.90 Å². The molecule has 0 amide bonds. The Kier molecular flexibility index (Phi) is 6.28. The Morgan fingerprint density at radius 1 is 1.58 bits per heavy atom. The van der Waals surface area contributed by atoms with Gasteiger partial charge in [0.05, 0.1) is 13.2 Å². The van der Waals surface area contributed by atoms with Crippen LogP contribution in [0.4, 0.5) is 0 Å². The molecule has 0 aromatic heterocycles. The highest BCUT2D eigenvalue weighted by Gasteiger charge is 2.19. The molecule has 0 aliphatic heterocycles. The lowest BCUT2D eigenvalue weighted by atomic mass is 10.1. The van der Waals surface area contributed by atoms with E-state index >= 15 is 0 Å². The van der Waals surface area contributed by atoms with E-state index in [-0.39, 0.29) is 18.7 Å². The minimum atomic E-state index is -0.120. The molecule has 0 heterocycles. The molecule has 0 fully saturated rings. The van der Waals surface area contributed by atoms with Crippen molar-refractivity contribution in [1.82, 2.24) is 4.90 Å². The summed E-state index contributed by atoms with van der Waals surface area (Å²) >= 11 is 0. The second-order valence-corrected chi connectivity index (χ2v) is 2.94. The fourth-order valence-corrected chi connectivity index (χ4v) is 1.14. The number of hydrogen-bond acceptors (Lipinski definition) is 4. The third kappa shape index (κ3) is 3.49. The number of nitrogens with two attached hydrogens (primary N) is 1. The molecule has 0 aromatic carbocycles. The fourth-order valence-electron chi connectivity index (χ4n) is 1.14. The van der Waals surface area contributed by atoms with Gasteiger partial charge >= 0.3 is 0 Å². The number of aliphatic hydroxyl groups excluding tert-OH is 1. The highest BCUT2D eigenvalue weighted by Crippen LogP contribution is 1.99. The maximum Gasteiger partial charge on any atom is 0.0629 e. The number of nitrogens with zero attached hydrogens (tertiary/aromatic N) is 1. The van der Waals surface area contributed by atoms with Gasteiger partial charge in [0.25, 0.3) is 0 Å². The van der Waals surface area contributed by atoms with Crippen LogP contribution >= 0.6 is 0 Å². The molecule has 0 bridgehead atoms. The molecule has 0 saturated heterocycles. The standard InChI is InChI=1S/C8H20N2O2/c1-4-10(2)8(5-11)7(9)6-12-3/h7-8,11H,4-6,9H2,1-3H3. The molecule has 0 radical (unpaired) electrons. The van der Waals surface area contributed by atoms with Crippen molar-refractivity contribution in [1.29, 1.82) is 0 Å². The van der Waals surface area contributed by atoms with Crippen LogP contribution in [0.5, 0.6) is 0 Å². The second-order valence-electron chi connectivity index (χ2n) is 2.94. The van der Waals surface area contributed by atoms with Crippen LogP contribution in [-0.4, -0.2) is 56.0 Å². The van der Waals surface area contributed by atoms with Crippen LogP contribution in [0, 0.1) is 0 Å². The summed E-state index contributed by atoms with van der Waals surface area (Å²) in [6.45, 7) is 3.47. The summed E-state index contributed by atoms with van der Waals surface area (Å²) in [4.78, 5) is 2.02. The summed E-state index contributed by atoms with van der Waals surface area (Å²) in [6, 6.07) is -0.125. The van der Waals surface area contributed by atoms with E-state index in [0.717, 1.165) is 6.54 Å². The maximum atomic E-state index is 9.05. The van der Waals surface area contributed by atoms with E-state index in [1.54, 1.807) is 7.11 Å². The monoisotopic (exact) mass is 176 g/mol. The van der Waals surface area contributed by atoms with Crippen LogP contribution < -0.4 is 5.73 Å². The van der Waals surface area contributed by atoms with Crippen molar-refractivity contribution >= 4 is 0 Å². The molecule has 0 aliphatic rings. The zero-order valence-electron chi connectivity index (χ0n) is 8.16. The van der Waals surface area contributed by atoms with Gasteiger partial charge in [-0.1, -0.05) is 6.92 Å². The van der Waals surface area contributed by atoms with E-state index in [2.05, 4.69) is 0 Å². The normalized spacial score (nSPS) is 16.5. The lowest BCUT2D eigenvalue weighted by Gasteiger charge is -2.29. The topological polar surface area (TPSA) is 58.7 Å². The average Bonchev–Trinajstić information content (AvgIpc) is 2.06. The molecule has 4 nitrogen and oxygen atoms in total. The van der Waals surface area contributed by atoms with E-state index in [9.17, 15) is 0 Å². The third-order valence-electron chi connectivity index (χ3n) is 2.11. The first-order chi connectivity index (χ1) is 5.67. The van der Waals surface area contributed by atoms with Crippen molar-refractivity contribution in [3.8, 4) is 0 Å². The van der Waals surface area contributed by atoms with Crippen LogP contribution in [0.15, 0.2) is 0 Å². The van der Waals surface area contributed by atoms with E-state index in [4.69, 9.17) is 15.6 Å². The molecular formula is C8H20N2O2. The highest BCUT2D eigenvalue weighted by atomic mass is 16.5. The lowest BCUT2D eigenvalue weighted by Crippen LogP contribution is -2.50. The van der Waals surface area contributed by atoms with Crippen molar-refractivity contribution in [3.05, 3.63) is 0 Å². The van der Waals surface area contributed by atoms with Crippen molar-refractivity contribution in [2.24, 2.45) is 5.73 Å². The van der Waals surface area contributed by atoms with Crippen molar-refractivity contribution in [2.45, 2.75) is 19.0 Å². The molecule has 0 aromatic rings. The van der Waals surface area contributed by atoms with Crippen molar-refractivity contribution in [2.75, 3.05) is 33.9 Å². The van der Waals surface area contributed by atoms with Crippen LogP contribution in [0.25, 0.3) is 0 Å². The lowest BCUT2D eigenvalue weighted by molar-refractivity contribution is 0.0882. The fraction of sp³-hybridized carbons (Fsp3) is 1.00. The summed E-state index contributed by atoms with van der Waals surface area (Å²) in [5.74, 6) is 0. The summed E-state index contributed by atoms with van der Waals surface area (Å²) in [6.07, 6.45) is 0. The van der Waals surface area contributed by atoms with Gasteiger partial charge in [-0.2, -0.15) is 0 Å². The summed E-state index contributed by atoms with van der Waals surface area (Å²) in [5, 5.41) is 9.05. The predicted molar refractivity (Wildman–Crippen MR) is 49.0 cm³/mol. The summed E-state index contributed by atoms with van der Waals surface area (Å²) in [7, 11) is 3.55. The molecule has 4 heteroatoms. The van der Waals surface area contributed by atoms with E-state index in [0.29, 0.717) is 6.61 Å². The van der Waals surface area contributed by atoms with Gasteiger partial charge in [-0.05, 0) is 13.6 Å². The Balaban J connectivity index is 3.94. The van der Waals surface area contributed by atoms with E-state index < -0.39 is 0 Å². The van der Waals surface area contributed by atoms with Crippen LogP contribution in [0.2, 0.25) is 0 Å².